The number of anilines is 2. The van der Waals surface area contributed by atoms with E-state index in [1.807, 2.05) is 40.7 Å². The predicted octanol–water partition coefficient (Wildman–Crippen LogP) is 6.85. The van der Waals surface area contributed by atoms with Crippen LogP contribution < -0.4 is 14.5 Å². The van der Waals surface area contributed by atoms with E-state index in [4.69, 9.17) is 18.9 Å². The Morgan fingerprint density at radius 1 is 0.846 bits per heavy atom. The van der Waals surface area contributed by atoms with Crippen LogP contribution in [0.1, 0.15) is 45.7 Å². The summed E-state index contributed by atoms with van der Waals surface area (Å²) in [5.74, 6) is 1.65. The van der Waals surface area contributed by atoms with Gasteiger partial charge in [0, 0.05) is 75.0 Å². The molecule has 4 aliphatic rings. The molecule has 0 amide bonds. The Bertz CT molecular complexity index is 1150. The maximum atomic E-state index is 6.66. The molecule has 39 heavy (non-hydrogen) atoms. The van der Waals surface area contributed by atoms with Gasteiger partial charge in [-0.2, -0.15) is 0 Å². The van der Waals surface area contributed by atoms with Gasteiger partial charge in [-0.15, -0.1) is 0 Å². The third-order valence-corrected chi connectivity index (χ3v) is 7.68. The summed E-state index contributed by atoms with van der Waals surface area (Å²) in [6, 6.07) is 12.9. The largest absolute Gasteiger partial charge is 0.456 e. The first-order valence-electron chi connectivity index (χ1n) is 14.2. The number of hydrogen-bond donors (Lipinski definition) is 0. The third kappa shape index (κ3) is 5.02. The average molecular weight is 533 g/mol. The van der Waals surface area contributed by atoms with Crippen molar-refractivity contribution in [2.45, 2.75) is 52.4 Å². The zero-order valence-electron chi connectivity index (χ0n) is 24.6. The number of fused-ring (bicyclic) bond motifs is 4. The van der Waals surface area contributed by atoms with Gasteiger partial charge in [0.05, 0.1) is 18.8 Å². The number of benzene rings is 2. The fourth-order valence-electron chi connectivity index (χ4n) is 5.50. The Hall–Kier alpha value is -3.06. The Balaban J connectivity index is 0.000000845. The first kappa shape index (κ1) is 28.9. The molecule has 0 atom stereocenters. The van der Waals surface area contributed by atoms with Crippen LogP contribution in [0.2, 0.25) is 0 Å². The molecule has 210 valence electrons. The standard InChI is InChI=1S/C29H32N2O4.2C2H6/c1-5-6-7-24-19(2)18-34-29(24)25-10-8-20(30-14-22(15-30)32-3)12-27(25)35-28-13-21(9-11-26(28)29)31-16-23(17-31)33-4;2*1-2/h5-13,22-23H,2,14-18H2,1,3-4H3;2*1-2H3/b6-5-,24-7+;;. The highest BCUT2D eigenvalue weighted by Crippen LogP contribution is 2.58. The summed E-state index contributed by atoms with van der Waals surface area (Å²) in [6.45, 7) is 18.4. The molecule has 0 unspecified atom stereocenters. The van der Waals surface area contributed by atoms with Gasteiger partial charge in [-0.25, -0.2) is 0 Å². The number of hydrogen-bond acceptors (Lipinski definition) is 6. The summed E-state index contributed by atoms with van der Waals surface area (Å²) in [7, 11) is 3.54. The first-order valence-corrected chi connectivity index (χ1v) is 14.2. The number of nitrogens with zero attached hydrogens (tertiary/aromatic N) is 2. The molecule has 0 radical (unpaired) electrons. The van der Waals surface area contributed by atoms with Crippen molar-refractivity contribution in [1.82, 2.24) is 0 Å². The molecule has 0 bridgehead atoms. The van der Waals surface area contributed by atoms with Crippen LogP contribution in [0.15, 0.2) is 72.4 Å². The molecule has 1 spiro atoms. The maximum Gasteiger partial charge on any atom is 0.151 e. The fourth-order valence-corrected chi connectivity index (χ4v) is 5.50. The monoisotopic (exact) mass is 532 g/mol. The Morgan fingerprint density at radius 2 is 1.33 bits per heavy atom. The normalized spacial score (nSPS) is 20.4. The lowest BCUT2D eigenvalue weighted by atomic mass is 9.76. The van der Waals surface area contributed by atoms with Gasteiger partial charge < -0.3 is 28.7 Å². The molecule has 4 aliphatic heterocycles. The van der Waals surface area contributed by atoms with Crippen LogP contribution in [0.25, 0.3) is 0 Å². The SMILES string of the molecule is C=C1COC2(/C1=C/C=C\C)c1ccc(N3CC(OC)C3)cc1Oc1cc(N3CC(OC)C3)ccc12.CC.CC. The van der Waals surface area contributed by atoms with Crippen LogP contribution in [0.5, 0.6) is 11.5 Å². The van der Waals surface area contributed by atoms with Gasteiger partial charge in [0.2, 0.25) is 0 Å². The second-order valence-corrected chi connectivity index (χ2v) is 9.67. The molecule has 3 saturated heterocycles. The minimum Gasteiger partial charge on any atom is -0.456 e. The van der Waals surface area contributed by atoms with Crippen molar-refractivity contribution in [2.75, 3.05) is 56.8 Å². The van der Waals surface area contributed by atoms with Crippen molar-refractivity contribution >= 4 is 11.4 Å². The lowest BCUT2D eigenvalue weighted by Gasteiger charge is -2.43. The van der Waals surface area contributed by atoms with E-state index >= 15 is 0 Å². The summed E-state index contributed by atoms with van der Waals surface area (Å²) in [6.07, 6.45) is 6.79. The van der Waals surface area contributed by atoms with E-state index in [0.29, 0.717) is 6.61 Å². The van der Waals surface area contributed by atoms with E-state index in [1.165, 1.54) is 0 Å². The molecule has 6 nitrogen and oxygen atoms in total. The lowest BCUT2D eigenvalue weighted by Crippen LogP contribution is -2.52. The number of ether oxygens (including phenoxy) is 4. The summed E-state index contributed by atoms with van der Waals surface area (Å²) in [5.41, 5.74) is 5.62. The Kier molecular flexibility index (Phi) is 9.21. The van der Waals surface area contributed by atoms with Crippen molar-refractivity contribution < 1.29 is 18.9 Å². The van der Waals surface area contributed by atoms with Crippen LogP contribution in [0, 0.1) is 0 Å². The molecule has 4 heterocycles. The lowest BCUT2D eigenvalue weighted by molar-refractivity contribution is 0.0502. The molecule has 2 aromatic carbocycles. The molecule has 0 saturated carbocycles. The first-order chi connectivity index (χ1) is 19.1. The molecule has 6 heteroatoms. The van der Waals surface area contributed by atoms with Gasteiger partial charge in [-0.3, -0.25) is 0 Å². The molecular weight excluding hydrogens is 488 g/mol. The quantitative estimate of drug-likeness (QED) is 0.420. The summed E-state index contributed by atoms with van der Waals surface area (Å²) in [4.78, 5) is 4.62. The van der Waals surface area contributed by atoms with E-state index in [-0.39, 0.29) is 12.2 Å². The van der Waals surface area contributed by atoms with Gasteiger partial charge in [0.25, 0.3) is 0 Å². The molecule has 0 N–H and O–H groups in total. The van der Waals surface area contributed by atoms with E-state index in [9.17, 15) is 0 Å². The third-order valence-electron chi connectivity index (χ3n) is 7.68. The van der Waals surface area contributed by atoms with Gasteiger partial charge in [-0.05, 0) is 42.3 Å². The Labute approximate surface area is 234 Å². The number of allylic oxidation sites excluding steroid dienone is 3. The van der Waals surface area contributed by atoms with Crippen LogP contribution in [-0.2, 0) is 19.8 Å². The minimum absolute atomic E-state index is 0.283. The summed E-state index contributed by atoms with van der Waals surface area (Å²) >= 11 is 0. The molecule has 2 aromatic rings. The van der Waals surface area contributed by atoms with Crippen LogP contribution in [-0.4, -0.2) is 59.2 Å². The molecular formula is C33H44N2O4. The zero-order valence-corrected chi connectivity index (χ0v) is 24.6. The highest BCUT2D eigenvalue weighted by Gasteiger charge is 2.51. The van der Waals surface area contributed by atoms with Gasteiger partial charge in [0.1, 0.15) is 11.5 Å². The van der Waals surface area contributed by atoms with Crippen LogP contribution in [0.3, 0.4) is 0 Å². The van der Waals surface area contributed by atoms with Crippen molar-refractivity contribution in [3.63, 3.8) is 0 Å². The molecule has 3 fully saturated rings. The summed E-state index contributed by atoms with van der Waals surface area (Å²) < 4.78 is 24.2. The highest BCUT2D eigenvalue weighted by molar-refractivity contribution is 5.71. The van der Waals surface area contributed by atoms with Crippen molar-refractivity contribution in [2.24, 2.45) is 0 Å². The fraction of sp³-hybridized carbons (Fsp3) is 0.455. The van der Waals surface area contributed by atoms with Crippen molar-refractivity contribution in [3.8, 4) is 11.5 Å². The van der Waals surface area contributed by atoms with Crippen LogP contribution in [0.4, 0.5) is 11.4 Å². The molecule has 0 aromatic heterocycles. The second-order valence-electron chi connectivity index (χ2n) is 9.67. The maximum absolute atomic E-state index is 6.66. The Morgan fingerprint density at radius 3 is 1.77 bits per heavy atom. The summed E-state index contributed by atoms with van der Waals surface area (Å²) in [5, 5.41) is 0. The van der Waals surface area contributed by atoms with E-state index < -0.39 is 5.60 Å². The average Bonchev–Trinajstić information content (AvgIpc) is 3.24. The smallest absolute Gasteiger partial charge is 0.151 e. The van der Waals surface area contributed by atoms with E-state index in [0.717, 1.165) is 71.3 Å². The molecule has 6 rings (SSSR count). The van der Waals surface area contributed by atoms with Gasteiger partial charge >= 0.3 is 0 Å². The zero-order chi connectivity index (χ0) is 28.2. The highest BCUT2D eigenvalue weighted by atomic mass is 16.5. The minimum atomic E-state index is -0.745. The number of rotatable bonds is 5. The van der Waals surface area contributed by atoms with Crippen molar-refractivity contribution in [1.29, 1.82) is 0 Å². The second kappa shape index (κ2) is 12.4. The van der Waals surface area contributed by atoms with Gasteiger partial charge in [-0.1, -0.05) is 52.5 Å². The van der Waals surface area contributed by atoms with Crippen LogP contribution >= 0.6 is 0 Å². The van der Waals surface area contributed by atoms with E-state index in [2.05, 4.69) is 64.9 Å². The number of methoxy groups -OCH3 is 2. The van der Waals surface area contributed by atoms with Crippen molar-refractivity contribution in [3.05, 3.63) is 83.5 Å². The molecule has 0 aliphatic carbocycles. The van der Waals surface area contributed by atoms with Gasteiger partial charge in [0.15, 0.2) is 5.60 Å². The topological polar surface area (TPSA) is 43.4 Å². The van der Waals surface area contributed by atoms with E-state index in [1.54, 1.807) is 14.2 Å². The predicted molar refractivity (Wildman–Crippen MR) is 160 cm³/mol.